The van der Waals surface area contributed by atoms with Crippen molar-refractivity contribution in [3.63, 3.8) is 0 Å². The van der Waals surface area contributed by atoms with Crippen LogP contribution in [0.4, 0.5) is 0 Å². The normalized spacial score (nSPS) is 24.1. The van der Waals surface area contributed by atoms with Crippen LogP contribution in [-0.4, -0.2) is 24.0 Å². The zero-order valence-electron chi connectivity index (χ0n) is 8.09. The average molecular weight is 397 g/mol. The minimum Gasteiger partial charge on any atom is -0.543 e. The van der Waals surface area contributed by atoms with Crippen molar-refractivity contribution < 1.29 is 40.9 Å². The fraction of sp³-hybridized carbons (Fsp3) is 0.750. The zero-order chi connectivity index (χ0) is 11.1. The minimum absolute atomic E-state index is 0. The van der Waals surface area contributed by atoms with E-state index in [1.807, 2.05) is 0 Å². The van der Waals surface area contributed by atoms with Crippen molar-refractivity contribution in [2.45, 2.75) is 37.8 Å². The first-order chi connectivity index (χ1) is 6.45. The number of rotatable bonds is 0. The molecular formula is C8H14N2O4Pt+2. The van der Waals surface area contributed by atoms with E-state index in [0.717, 1.165) is 12.8 Å². The maximum absolute atomic E-state index is 8.93. The predicted molar refractivity (Wildman–Crippen MR) is 44.4 cm³/mol. The molecule has 0 aromatic heterocycles. The molecule has 0 aromatic carbocycles. The molecule has 1 fully saturated rings. The number of carbonyl (C=O) groups excluding carboxylic acids is 2. The zero-order valence-corrected chi connectivity index (χ0v) is 10.4. The summed E-state index contributed by atoms with van der Waals surface area (Å²) < 4.78 is 0. The predicted octanol–water partition coefficient (Wildman–Crippen LogP) is -3.30. The van der Waals surface area contributed by atoms with Crippen LogP contribution in [0.25, 0.3) is 0 Å². The Morgan fingerprint density at radius 2 is 1.20 bits per heavy atom. The topological polar surface area (TPSA) is 132 Å². The van der Waals surface area contributed by atoms with Crippen molar-refractivity contribution in [2.24, 2.45) is 11.5 Å². The van der Waals surface area contributed by atoms with E-state index in [0.29, 0.717) is 0 Å². The molecule has 0 heterocycles. The molecule has 4 N–H and O–H groups in total. The molecule has 0 amide bonds. The van der Waals surface area contributed by atoms with Gasteiger partial charge in [-0.2, -0.15) is 0 Å². The fourth-order valence-electron chi connectivity index (χ4n) is 1.19. The van der Waals surface area contributed by atoms with Crippen molar-refractivity contribution in [1.29, 1.82) is 0 Å². The third-order valence-electron chi connectivity index (χ3n) is 2.04. The molecule has 1 saturated carbocycles. The molecule has 7 heteroatoms. The Hall–Kier alpha value is -0.452. The molecule has 0 radical (unpaired) electrons. The molecule has 0 spiro atoms. The fourth-order valence-corrected chi connectivity index (χ4v) is 1.19. The Morgan fingerprint density at radius 3 is 1.33 bits per heavy atom. The number of carboxylic acid groups (broad SMARTS) is 2. The van der Waals surface area contributed by atoms with Gasteiger partial charge in [-0.25, -0.2) is 0 Å². The number of nitrogens with two attached hydrogens (primary N) is 2. The molecular weight excluding hydrogens is 383 g/mol. The van der Waals surface area contributed by atoms with E-state index in [1.165, 1.54) is 12.8 Å². The van der Waals surface area contributed by atoms with Gasteiger partial charge < -0.3 is 31.3 Å². The molecule has 1 aliphatic rings. The first-order valence-corrected chi connectivity index (χ1v) is 4.38. The molecule has 1 rings (SSSR count). The van der Waals surface area contributed by atoms with Crippen LogP contribution in [0.15, 0.2) is 0 Å². The van der Waals surface area contributed by atoms with Gasteiger partial charge in [-0.1, -0.05) is 12.8 Å². The third kappa shape index (κ3) is 8.54. The van der Waals surface area contributed by atoms with Crippen LogP contribution in [-0.2, 0) is 30.7 Å². The van der Waals surface area contributed by atoms with Crippen LogP contribution >= 0.6 is 0 Å². The van der Waals surface area contributed by atoms with Gasteiger partial charge in [0, 0.05) is 12.1 Å². The summed E-state index contributed by atoms with van der Waals surface area (Å²) in [7, 11) is 0. The summed E-state index contributed by atoms with van der Waals surface area (Å²) in [5.74, 6) is -4.37. The Bertz CT molecular complexity index is 191. The standard InChI is InChI=1S/C6H14N2.C2H2O4.Pt/c7-5-3-1-2-4-6(5)8;3-1(4)2(5)6;/h5-6H,1-4,7-8H2;(H,3,4)(H,5,6);/q;;+4/p-2/t5-,6-;;/m1../s1. The summed E-state index contributed by atoms with van der Waals surface area (Å²) in [5.41, 5.74) is 11.3. The van der Waals surface area contributed by atoms with Gasteiger partial charge in [-0.15, -0.1) is 0 Å². The Balaban J connectivity index is 0. The number of aliphatic carboxylic acids is 2. The molecule has 15 heavy (non-hydrogen) atoms. The molecule has 2 atom stereocenters. The van der Waals surface area contributed by atoms with Crippen molar-refractivity contribution in [2.75, 3.05) is 0 Å². The first-order valence-electron chi connectivity index (χ1n) is 4.38. The van der Waals surface area contributed by atoms with Gasteiger partial charge in [0.05, 0.1) is 11.9 Å². The second-order valence-corrected chi connectivity index (χ2v) is 3.19. The van der Waals surface area contributed by atoms with E-state index < -0.39 is 11.9 Å². The number of hydrogen-bond donors (Lipinski definition) is 2. The van der Waals surface area contributed by atoms with Gasteiger partial charge in [0.25, 0.3) is 0 Å². The van der Waals surface area contributed by atoms with E-state index >= 15 is 0 Å². The van der Waals surface area contributed by atoms with Crippen molar-refractivity contribution >= 4 is 11.9 Å². The summed E-state index contributed by atoms with van der Waals surface area (Å²) >= 11 is 0. The summed E-state index contributed by atoms with van der Waals surface area (Å²) in [6.07, 6.45) is 4.80. The van der Waals surface area contributed by atoms with Crippen LogP contribution in [0.1, 0.15) is 25.7 Å². The minimum atomic E-state index is -2.19. The smallest absolute Gasteiger partial charge is 0.543 e. The van der Waals surface area contributed by atoms with E-state index in [9.17, 15) is 0 Å². The maximum Gasteiger partial charge on any atom is 4.00 e. The van der Waals surface area contributed by atoms with Crippen LogP contribution in [0.3, 0.4) is 0 Å². The molecule has 0 unspecified atom stereocenters. The Kier molecular flexibility index (Phi) is 9.98. The molecule has 0 aliphatic heterocycles. The monoisotopic (exact) mass is 397 g/mol. The number of hydrogen-bond acceptors (Lipinski definition) is 6. The molecule has 1 aliphatic carbocycles. The second-order valence-electron chi connectivity index (χ2n) is 3.19. The van der Waals surface area contributed by atoms with Crippen LogP contribution in [0.5, 0.6) is 0 Å². The van der Waals surface area contributed by atoms with Crippen molar-refractivity contribution in [3.8, 4) is 0 Å². The van der Waals surface area contributed by atoms with Crippen molar-refractivity contribution in [3.05, 3.63) is 0 Å². The summed E-state index contributed by atoms with van der Waals surface area (Å²) in [6.45, 7) is 0. The maximum atomic E-state index is 8.93. The SMILES string of the molecule is N[C@@H]1CCCC[C@H]1N.O=C([O-])C(=O)[O-].[Pt+4]. The summed E-state index contributed by atoms with van der Waals surface area (Å²) in [4.78, 5) is 17.9. The largest absolute Gasteiger partial charge is 4.00 e. The third-order valence-corrected chi connectivity index (χ3v) is 2.04. The summed E-state index contributed by atoms with van der Waals surface area (Å²) in [5, 5.41) is 17.9. The second kappa shape index (κ2) is 8.82. The first kappa shape index (κ1) is 17.0. The van der Waals surface area contributed by atoms with E-state index in [-0.39, 0.29) is 33.1 Å². The number of carboxylic acids is 2. The Morgan fingerprint density at radius 1 is 0.933 bits per heavy atom. The van der Waals surface area contributed by atoms with Gasteiger partial charge in [0.1, 0.15) is 0 Å². The van der Waals surface area contributed by atoms with Gasteiger partial charge in [-0.05, 0) is 12.8 Å². The molecule has 6 nitrogen and oxygen atoms in total. The van der Waals surface area contributed by atoms with Crippen LogP contribution in [0, 0.1) is 0 Å². The summed E-state index contributed by atoms with van der Waals surface area (Å²) in [6, 6.07) is 0.562. The molecule has 0 aromatic rings. The van der Waals surface area contributed by atoms with Crippen LogP contribution in [0.2, 0.25) is 0 Å². The van der Waals surface area contributed by atoms with Gasteiger partial charge >= 0.3 is 21.1 Å². The van der Waals surface area contributed by atoms with Crippen LogP contribution < -0.4 is 21.7 Å². The molecule has 0 saturated heterocycles. The Labute approximate surface area is 102 Å². The van der Waals surface area contributed by atoms with E-state index in [1.54, 1.807) is 0 Å². The van der Waals surface area contributed by atoms with Gasteiger partial charge in [0.15, 0.2) is 0 Å². The molecule has 0 bridgehead atoms. The quantitative estimate of drug-likeness (QED) is 0.412. The van der Waals surface area contributed by atoms with Gasteiger partial charge in [0.2, 0.25) is 0 Å². The van der Waals surface area contributed by atoms with E-state index in [2.05, 4.69) is 0 Å². The van der Waals surface area contributed by atoms with Gasteiger partial charge in [-0.3, -0.25) is 0 Å². The van der Waals surface area contributed by atoms with E-state index in [4.69, 9.17) is 31.3 Å². The van der Waals surface area contributed by atoms with Crippen molar-refractivity contribution in [1.82, 2.24) is 0 Å². The molecule has 88 valence electrons. The number of carbonyl (C=O) groups is 2. The average Bonchev–Trinajstić information content (AvgIpc) is 2.11.